The van der Waals surface area contributed by atoms with Gasteiger partial charge in [-0.05, 0) is 29.7 Å². The minimum Gasteiger partial charge on any atom is -0.394 e. The van der Waals surface area contributed by atoms with E-state index in [0.29, 0.717) is 19.5 Å². The first-order chi connectivity index (χ1) is 14.0. The van der Waals surface area contributed by atoms with E-state index in [1.54, 1.807) is 22.9 Å². The molecule has 29 heavy (non-hydrogen) atoms. The largest absolute Gasteiger partial charge is 0.394 e. The average Bonchev–Trinajstić information content (AvgIpc) is 2.74. The maximum Gasteiger partial charge on any atom is 0.222 e. The summed E-state index contributed by atoms with van der Waals surface area (Å²) in [5.41, 5.74) is 3.18. The normalized spacial score (nSPS) is 20.8. The molecule has 1 aliphatic heterocycles. The number of likely N-dealkylation sites (tertiary alicyclic amines) is 1. The average molecular weight is 396 g/mol. The van der Waals surface area contributed by atoms with Crippen molar-refractivity contribution in [2.75, 3.05) is 19.7 Å². The summed E-state index contributed by atoms with van der Waals surface area (Å²) in [6.07, 6.45) is 3.95. The fraction of sp³-hybridized carbons (Fsp3) is 0.435. The molecule has 0 saturated carbocycles. The van der Waals surface area contributed by atoms with Gasteiger partial charge in [0.1, 0.15) is 0 Å². The fourth-order valence-electron chi connectivity index (χ4n) is 4.28. The van der Waals surface area contributed by atoms with E-state index in [-0.39, 0.29) is 36.4 Å². The zero-order valence-electron chi connectivity index (χ0n) is 17.3. The molecule has 2 heterocycles. The summed E-state index contributed by atoms with van der Waals surface area (Å²) in [4.78, 5) is 32.2. The third-order valence-corrected chi connectivity index (χ3v) is 5.85. The van der Waals surface area contributed by atoms with Crippen molar-refractivity contribution in [1.29, 1.82) is 0 Å². The van der Waals surface area contributed by atoms with Gasteiger partial charge in [-0.25, -0.2) is 0 Å². The number of nitrogens with zero attached hydrogens (tertiary/aromatic N) is 3. The summed E-state index contributed by atoms with van der Waals surface area (Å²) in [5, 5.41) is 10.0. The molecule has 1 aromatic heterocycles. The second-order valence-electron chi connectivity index (χ2n) is 7.42. The molecule has 2 amide bonds. The fourth-order valence-corrected chi connectivity index (χ4v) is 4.28. The number of amides is 2. The minimum absolute atomic E-state index is 0.00507. The Labute approximate surface area is 172 Å². The Balaban J connectivity index is 1.89. The summed E-state index contributed by atoms with van der Waals surface area (Å²) in [7, 11) is 0. The molecule has 0 aliphatic carbocycles. The Hall–Kier alpha value is -2.73. The molecule has 0 radical (unpaired) electrons. The number of rotatable bonds is 7. The smallest absolute Gasteiger partial charge is 0.222 e. The summed E-state index contributed by atoms with van der Waals surface area (Å²) in [6, 6.07) is 11.7. The van der Waals surface area contributed by atoms with Gasteiger partial charge in [-0.3, -0.25) is 14.6 Å². The molecule has 3 atom stereocenters. The van der Waals surface area contributed by atoms with Crippen LogP contribution in [0, 0.1) is 0 Å². The molecular formula is C23H29N3O3. The van der Waals surface area contributed by atoms with Crippen molar-refractivity contribution in [3.8, 4) is 11.1 Å². The van der Waals surface area contributed by atoms with E-state index in [0.717, 1.165) is 16.7 Å². The van der Waals surface area contributed by atoms with Crippen LogP contribution in [-0.2, 0) is 9.59 Å². The topological polar surface area (TPSA) is 73.7 Å². The molecule has 1 fully saturated rings. The Morgan fingerprint density at radius 1 is 1.10 bits per heavy atom. The van der Waals surface area contributed by atoms with Crippen molar-refractivity contribution in [3.63, 3.8) is 0 Å². The van der Waals surface area contributed by atoms with E-state index < -0.39 is 0 Å². The van der Waals surface area contributed by atoms with Gasteiger partial charge in [-0.2, -0.15) is 0 Å². The van der Waals surface area contributed by atoms with E-state index in [1.807, 2.05) is 44.3 Å². The lowest BCUT2D eigenvalue weighted by atomic mass is 9.74. The van der Waals surface area contributed by atoms with Crippen LogP contribution in [0.3, 0.4) is 0 Å². The second-order valence-corrected chi connectivity index (χ2v) is 7.42. The van der Waals surface area contributed by atoms with Crippen LogP contribution in [0.15, 0.2) is 48.8 Å². The lowest BCUT2D eigenvalue weighted by Gasteiger charge is -2.56. The Kier molecular flexibility index (Phi) is 6.64. The highest BCUT2D eigenvalue weighted by molar-refractivity contribution is 5.79. The van der Waals surface area contributed by atoms with Crippen LogP contribution in [0.1, 0.15) is 38.7 Å². The van der Waals surface area contributed by atoms with Crippen LogP contribution < -0.4 is 0 Å². The number of carbonyl (C=O) groups excluding carboxylic acids is 2. The quantitative estimate of drug-likeness (QED) is 0.782. The summed E-state index contributed by atoms with van der Waals surface area (Å²) in [6.45, 7) is 6.29. The highest BCUT2D eigenvalue weighted by atomic mass is 16.3. The molecule has 3 rings (SSSR count). The number of aromatic nitrogens is 1. The third kappa shape index (κ3) is 4.17. The summed E-state index contributed by atoms with van der Waals surface area (Å²) >= 11 is 0. The molecule has 1 aliphatic rings. The first-order valence-electron chi connectivity index (χ1n) is 10.2. The monoisotopic (exact) mass is 395 g/mol. The van der Waals surface area contributed by atoms with E-state index in [2.05, 4.69) is 17.1 Å². The van der Waals surface area contributed by atoms with Gasteiger partial charge in [-0.15, -0.1) is 0 Å². The molecule has 2 aromatic rings. The van der Waals surface area contributed by atoms with Crippen molar-refractivity contribution in [2.45, 2.75) is 45.2 Å². The number of pyridine rings is 1. The zero-order valence-corrected chi connectivity index (χ0v) is 17.3. The molecule has 0 bridgehead atoms. The Bertz CT molecular complexity index is 838. The molecule has 0 spiro atoms. The van der Waals surface area contributed by atoms with E-state index in [4.69, 9.17) is 0 Å². The number of benzene rings is 1. The molecule has 1 aromatic carbocycles. The van der Waals surface area contributed by atoms with Gasteiger partial charge in [-0.1, -0.05) is 37.3 Å². The molecule has 1 saturated heterocycles. The first-order valence-corrected chi connectivity index (χ1v) is 10.2. The Morgan fingerprint density at radius 3 is 2.34 bits per heavy atom. The first kappa shape index (κ1) is 21.0. The van der Waals surface area contributed by atoms with Gasteiger partial charge in [0.15, 0.2) is 0 Å². The van der Waals surface area contributed by atoms with E-state index >= 15 is 0 Å². The standard InChI is InChI=1S/C23H29N3O3/c1-4-22(29)26-20(14-25(5-2)16(3)28)23(21(26)15-27)18-10-8-17(9-11-18)19-7-6-12-24-13-19/h6-13,20-21,23,27H,4-5,14-15H2,1-3H3/t20-,21+,23-/m0/s1. The van der Waals surface area contributed by atoms with Gasteiger partial charge >= 0.3 is 0 Å². The van der Waals surface area contributed by atoms with Crippen molar-refractivity contribution in [3.05, 3.63) is 54.4 Å². The zero-order chi connectivity index (χ0) is 21.0. The van der Waals surface area contributed by atoms with Crippen LogP contribution >= 0.6 is 0 Å². The van der Waals surface area contributed by atoms with Crippen LogP contribution in [0.4, 0.5) is 0 Å². The predicted octanol–water partition coefficient (Wildman–Crippen LogP) is 2.68. The maximum atomic E-state index is 12.5. The van der Waals surface area contributed by atoms with Gasteiger partial charge in [0.05, 0.1) is 18.7 Å². The molecule has 6 nitrogen and oxygen atoms in total. The van der Waals surface area contributed by atoms with Crippen molar-refractivity contribution in [2.24, 2.45) is 0 Å². The predicted molar refractivity (Wildman–Crippen MR) is 112 cm³/mol. The molecule has 0 unspecified atom stereocenters. The highest BCUT2D eigenvalue weighted by Crippen LogP contribution is 2.42. The number of hydrogen-bond acceptors (Lipinski definition) is 4. The SMILES string of the molecule is CCC(=O)N1[C@H](CO)[C@@H](c2ccc(-c3cccnc3)cc2)[C@@H]1CN(CC)C(C)=O. The summed E-state index contributed by atoms with van der Waals surface area (Å²) in [5.74, 6) is -0.00162. The number of carbonyl (C=O) groups is 2. The van der Waals surface area contributed by atoms with Crippen LogP contribution in [-0.4, -0.2) is 63.5 Å². The Morgan fingerprint density at radius 2 is 1.83 bits per heavy atom. The minimum atomic E-state index is -0.262. The molecule has 1 N–H and O–H groups in total. The second kappa shape index (κ2) is 9.18. The lowest BCUT2D eigenvalue weighted by Crippen LogP contribution is -2.68. The van der Waals surface area contributed by atoms with Crippen LogP contribution in [0.2, 0.25) is 0 Å². The summed E-state index contributed by atoms with van der Waals surface area (Å²) < 4.78 is 0. The number of hydrogen-bond donors (Lipinski definition) is 1. The van der Waals surface area contributed by atoms with E-state index in [1.165, 1.54) is 0 Å². The molecule has 154 valence electrons. The van der Waals surface area contributed by atoms with Gasteiger partial charge in [0.25, 0.3) is 0 Å². The van der Waals surface area contributed by atoms with Crippen molar-refractivity contribution in [1.82, 2.24) is 14.8 Å². The lowest BCUT2D eigenvalue weighted by molar-refractivity contribution is -0.154. The van der Waals surface area contributed by atoms with Crippen LogP contribution in [0.25, 0.3) is 11.1 Å². The van der Waals surface area contributed by atoms with Gasteiger partial charge < -0.3 is 14.9 Å². The van der Waals surface area contributed by atoms with Crippen molar-refractivity contribution >= 4 is 11.8 Å². The van der Waals surface area contributed by atoms with Gasteiger partial charge in [0.2, 0.25) is 11.8 Å². The van der Waals surface area contributed by atoms with E-state index in [9.17, 15) is 14.7 Å². The van der Waals surface area contributed by atoms with Crippen molar-refractivity contribution < 1.29 is 14.7 Å². The van der Waals surface area contributed by atoms with Crippen LogP contribution in [0.5, 0.6) is 0 Å². The number of aliphatic hydroxyl groups excluding tert-OH is 1. The van der Waals surface area contributed by atoms with Gasteiger partial charge in [0, 0.05) is 44.7 Å². The third-order valence-electron chi connectivity index (χ3n) is 5.85. The number of likely N-dealkylation sites (N-methyl/N-ethyl adjacent to an activating group) is 1. The number of aliphatic hydroxyl groups is 1. The molecule has 6 heteroatoms. The highest BCUT2D eigenvalue weighted by Gasteiger charge is 2.51. The maximum absolute atomic E-state index is 12.5. The molecular weight excluding hydrogens is 366 g/mol.